The van der Waals surface area contributed by atoms with E-state index in [0.717, 1.165) is 12.0 Å². The van der Waals surface area contributed by atoms with Gasteiger partial charge in [0.25, 0.3) is 5.91 Å². The lowest BCUT2D eigenvalue weighted by Gasteiger charge is -2.18. The number of rotatable bonds is 4. The number of aryl methyl sites for hydroxylation is 1. The highest BCUT2D eigenvalue weighted by Gasteiger charge is 2.15. The molecule has 2 aromatic rings. The molecule has 1 amide bonds. The molecule has 0 radical (unpaired) electrons. The summed E-state index contributed by atoms with van der Waals surface area (Å²) in [5.41, 5.74) is 2.82. The van der Waals surface area contributed by atoms with Gasteiger partial charge in [-0.1, -0.05) is 42.8 Å². The van der Waals surface area contributed by atoms with Crippen LogP contribution in [0.1, 0.15) is 28.4 Å². The second kappa shape index (κ2) is 6.53. The molecule has 0 aliphatic rings. The molecule has 1 aromatic carbocycles. The van der Waals surface area contributed by atoms with E-state index in [9.17, 15) is 4.79 Å². The van der Waals surface area contributed by atoms with Gasteiger partial charge >= 0.3 is 0 Å². The van der Waals surface area contributed by atoms with Gasteiger partial charge in [-0.2, -0.15) is 0 Å². The quantitative estimate of drug-likeness (QED) is 0.862. The largest absolute Gasteiger partial charge is 0.337 e. The van der Waals surface area contributed by atoms with Gasteiger partial charge < -0.3 is 4.90 Å². The van der Waals surface area contributed by atoms with Crippen LogP contribution < -0.4 is 0 Å². The minimum atomic E-state index is -0.123. The number of hydrogen-bond acceptors (Lipinski definition) is 2. The molecule has 0 unspecified atom stereocenters. The summed E-state index contributed by atoms with van der Waals surface area (Å²) in [6, 6.07) is 9.90. The van der Waals surface area contributed by atoms with E-state index in [0.29, 0.717) is 17.1 Å². The maximum Gasteiger partial charge on any atom is 0.256 e. The van der Waals surface area contributed by atoms with Crippen molar-refractivity contribution in [3.8, 4) is 0 Å². The molecule has 0 saturated heterocycles. The number of halogens is 1. The zero-order valence-electron chi connectivity index (χ0n) is 11.6. The van der Waals surface area contributed by atoms with Crippen molar-refractivity contribution in [3.63, 3.8) is 0 Å². The molecule has 0 spiro atoms. The van der Waals surface area contributed by atoms with Gasteiger partial charge in [0.1, 0.15) is 0 Å². The summed E-state index contributed by atoms with van der Waals surface area (Å²) < 4.78 is 0. The van der Waals surface area contributed by atoms with Crippen molar-refractivity contribution in [1.29, 1.82) is 0 Å². The van der Waals surface area contributed by atoms with Crippen LogP contribution in [0.2, 0.25) is 5.02 Å². The van der Waals surface area contributed by atoms with E-state index in [-0.39, 0.29) is 5.91 Å². The first kappa shape index (κ1) is 14.5. The van der Waals surface area contributed by atoms with Gasteiger partial charge in [-0.25, -0.2) is 0 Å². The Morgan fingerprint density at radius 1 is 1.20 bits per heavy atom. The lowest BCUT2D eigenvalue weighted by molar-refractivity contribution is 0.0785. The van der Waals surface area contributed by atoms with Gasteiger partial charge in [-0.15, -0.1) is 0 Å². The van der Waals surface area contributed by atoms with Crippen LogP contribution in [-0.2, 0) is 13.0 Å². The molecule has 0 aliphatic heterocycles. The maximum atomic E-state index is 12.3. The van der Waals surface area contributed by atoms with Crippen LogP contribution in [-0.4, -0.2) is 22.8 Å². The molecule has 2 rings (SSSR count). The second-order valence-electron chi connectivity index (χ2n) is 4.69. The number of carbonyl (C=O) groups is 1. The van der Waals surface area contributed by atoms with Crippen LogP contribution in [0.25, 0.3) is 0 Å². The monoisotopic (exact) mass is 288 g/mol. The van der Waals surface area contributed by atoms with Gasteiger partial charge in [0, 0.05) is 26.0 Å². The van der Waals surface area contributed by atoms with E-state index in [1.165, 1.54) is 11.8 Å². The fraction of sp³-hybridized carbons (Fsp3) is 0.250. The van der Waals surface area contributed by atoms with E-state index < -0.39 is 0 Å². The fourth-order valence-corrected chi connectivity index (χ4v) is 2.15. The highest BCUT2D eigenvalue weighted by atomic mass is 35.5. The Morgan fingerprint density at radius 2 is 1.85 bits per heavy atom. The lowest BCUT2D eigenvalue weighted by atomic mass is 10.1. The molecule has 0 aliphatic carbocycles. The zero-order chi connectivity index (χ0) is 14.5. The number of amides is 1. The third kappa shape index (κ3) is 3.36. The van der Waals surface area contributed by atoms with Gasteiger partial charge in [-0.3, -0.25) is 9.78 Å². The van der Waals surface area contributed by atoms with Gasteiger partial charge in [0.15, 0.2) is 0 Å². The van der Waals surface area contributed by atoms with Gasteiger partial charge in [0.2, 0.25) is 0 Å². The van der Waals surface area contributed by atoms with E-state index in [1.54, 1.807) is 24.2 Å². The summed E-state index contributed by atoms with van der Waals surface area (Å²) in [4.78, 5) is 17.9. The van der Waals surface area contributed by atoms with Crippen molar-refractivity contribution < 1.29 is 4.79 Å². The number of hydrogen-bond donors (Lipinski definition) is 0. The molecule has 104 valence electrons. The van der Waals surface area contributed by atoms with Crippen molar-refractivity contribution in [2.75, 3.05) is 7.05 Å². The highest BCUT2D eigenvalue weighted by molar-refractivity contribution is 6.33. The Kier molecular flexibility index (Phi) is 4.74. The number of carbonyl (C=O) groups excluding carboxylic acids is 1. The smallest absolute Gasteiger partial charge is 0.256 e. The van der Waals surface area contributed by atoms with E-state index in [4.69, 9.17) is 11.6 Å². The van der Waals surface area contributed by atoms with Crippen LogP contribution in [0, 0.1) is 0 Å². The summed E-state index contributed by atoms with van der Waals surface area (Å²) in [5, 5.41) is 0.429. The average molecular weight is 289 g/mol. The fourth-order valence-electron chi connectivity index (χ4n) is 1.97. The molecule has 3 nitrogen and oxygen atoms in total. The normalized spacial score (nSPS) is 10.3. The van der Waals surface area contributed by atoms with Crippen LogP contribution in [0.4, 0.5) is 0 Å². The molecule has 1 aromatic heterocycles. The Labute approximate surface area is 124 Å². The third-order valence-electron chi connectivity index (χ3n) is 3.20. The third-order valence-corrected chi connectivity index (χ3v) is 3.53. The van der Waals surface area contributed by atoms with Crippen molar-refractivity contribution >= 4 is 17.5 Å². The summed E-state index contributed by atoms with van der Waals surface area (Å²) >= 11 is 6.02. The predicted molar refractivity (Wildman–Crippen MR) is 80.9 cm³/mol. The molecular weight excluding hydrogens is 272 g/mol. The standard InChI is InChI=1S/C16H17ClN2O/c1-3-12-4-6-13(7-5-12)11-19(2)16(20)14-10-18-9-8-15(14)17/h4-10H,3,11H2,1-2H3. The van der Waals surface area contributed by atoms with Crippen molar-refractivity contribution in [1.82, 2.24) is 9.88 Å². The number of pyridine rings is 1. The van der Waals surface area contributed by atoms with E-state index >= 15 is 0 Å². The van der Waals surface area contributed by atoms with E-state index in [2.05, 4.69) is 24.0 Å². The van der Waals surface area contributed by atoms with Crippen molar-refractivity contribution in [3.05, 3.63) is 64.4 Å². The molecule has 0 bridgehead atoms. The van der Waals surface area contributed by atoms with E-state index in [1.807, 2.05) is 12.1 Å². The molecule has 0 atom stereocenters. The average Bonchev–Trinajstić information content (AvgIpc) is 2.48. The highest BCUT2D eigenvalue weighted by Crippen LogP contribution is 2.16. The topological polar surface area (TPSA) is 33.2 Å². The molecule has 0 N–H and O–H groups in total. The number of benzene rings is 1. The summed E-state index contributed by atoms with van der Waals surface area (Å²) in [6.07, 6.45) is 4.09. The molecule has 20 heavy (non-hydrogen) atoms. The van der Waals surface area contributed by atoms with Crippen LogP contribution in [0.15, 0.2) is 42.7 Å². The first-order chi connectivity index (χ1) is 9.61. The Morgan fingerprint density at radius 3 is 2.45 bits per heavy atom. The molecule has 1 heterocycles. The number of aromatic nitrogens is 1. The minimum Gasteiger partial charge on any atom is -0.337 e. The molecule has 0 fully saturated rings. The Bertz CT molecular complexity index is 596. The summed E-state index contributed by atoms with van der Waals surface area (Å²) in [6.45, 7) is 2.67. The van der Waals surface area contributed by atoms with Crippen LogP contribution in [0.5, 0.6) is 0 Å². The zero-order valence-corrected chi connectivity index (χ0v) is 12.4. The first-order valence-corrected chi connectivity index (χ1v) is 6.92. The van der Waals surface area contributed by atoms with Gasteiger partial charge in [0.05, 0.1) is 10.6 Å². The SMILES string of the molecule is CCc1ccc(CN(C)C(=O)c2cnccc2Cl)cc1. The summed E-state index contributed by atoms with van der Waals surface area (Å²) in [7, 11) is 1.76. The minimum absolute atomic E-state index is 0.123. The van der Waals surface area contributed by atoms with Gasteiger partial charge in [-0.05, 0) is 23.6 Å². The van der Waals surface area contributed by atoms with Crippen LogP contribution in [0.3, 0.4) is 0 Å². The number of nitrogens with zero attached hydrogens (tertiary/aromatic N) is 2. The lowest BCUT2D eigenvalue weighted by Crippen LogP contribution is -2.26. The molecule has 4 heteroatoms. The Balaban J connectivity index is 2.09. The summed E-state index contributed by atoms with van der Waals surface area (Å²) in [5.74, 6) is -0.123. The van der Waals surface area contributed by atoms with Crippen LogP contribution >= 0.6 is 11.6 Å². The Hall–Kier alpha value is -1.87. The first-order valence-electron chi connectivity index (χ1n) is 6.54. The second-order valence-corrected chi connectivity index (χ2v) is 5.09. The molecule has 0 saturated carbocycles. The molecular formula is C16H17ClN2O. The predicted octanol–water partition coefficient (Wildman–Crippen LogP) is 3.57. The van der Waals surface area contributed by atoms with Crippen molar-refractivity contribution in [2.45, 2.75) is 19.9 Å². The maximum absolute atomic E-state index is 12.3. The van der Waals surface area contributed by atoms with Crippen molar-refractivity contribution in [2.24, 2.45) is 0 Å².